The first-order valence-electron chi connectivity index (χ1n) is 3.66. The van der Waals surface area contributed by atoms with Gasteiger partial charge in [0, 0.05) is 17.3 Å². The second-order valence-electron chi connectivity index (χ2n) is 2.64. The number of aliphatic imine (C=N–C) groups is 1. The van der Waals surface area contributed by atoms with Crippen LogP contribution in [-0.4, -0.2) is 23.7 Å². The van der Waals surface area contributed by atoms with Crippen LogP contribution in [0.25, 0.3) is 0 Å². The molecule has 0 unspecified atom stereocenters. The van der Waals surface area contributed by atoms with E-state index >= 15 is 0 Å². The standard InChI is InChI=1S/C8H8N2O2/c1-6-7(5-11)4-10-8(9-6)2-3-12-10/h2-3,5H,4H2,1H3. The number of nitrogens with zero attached hydrogens (tertiary/aromatic N) is 2. The Kier molecular flexibility index (Phi) is 1.46. The maximum atomic E-state index is 10.5. The lowest BCUT2D eigenvalue weighted by atomic mass is 10.2. The number of fused-ring (bicyclic) bond motifs is 1. The summed E-state index contributed by atoms with van der Waals surface area (Å²) in [6.45, 7) is 2.31. The number of hydrogen-bond acceptors (Lipinski definition) is 4. The number of carbonyl (C=O) groups is 1. The van der Waals surface area contributed by atoms with Crippen LogP contribution >= 0.6 is 0 Å². The number of hydrogen-bond donors (Lipinski definition) is 0. The first kappa shape index (κ1) is 7.09. The lowest BCUT2D eigenvalue weighted by Gasteiger charge is -2.21. The van der Waals surface area contributed by atoms with E-state index in [2.05, 4.69) is 4.99 Å². The number of rotatable bonds is 1. The van der Waals surface area contributed by atoms with Crippen molar-refractivity contribution in [3.05, 3.63) is 23.6 Å². The average molecular weight is 164 g/mol. The normalized spacial score (nSPS) is 20.4. The lowest BCUT2D eigenvalue weighted by Crippen LogP contribution is -2.30. The summed E-state index contributed by atoms with van der Waals surface area (Å²) in [6.07, 6.45) is 4.14. The van der Waals surface area contributed by atoms with Gasteiger partial charge < -0.3 is 4.84 Å². The molecule has 0 saturated carbocycles. The first-order chi connectivity index (χ1) is 5.81. The van der Waals surface area contributed by atoms with Crippen molar-refractivity contribution in [1.82, 2.24) is 5.06 Å². The largest absolute Gasteiger partial charge is 0.385 e. The fourth-order valence-electron chi connectivity index (χ4n) is 1.15. The Morgan fingerprint density at radius 3 is 3.33 bits per heavy atom. The molecule has 0 aromatic heterocycles. The fraction of sp³-hybridized carbons (Fsp3) is 0.250. The second kappa shape index (κ2) is 2.48. The van der Waals surface area contributed by atoms with Crippen LogP contribution in [0.15, 0.2) is 28.6 Å². The molecule has 0 amide bonds. The van der Waals surface area contributed by atoms with Gasteiger partial charge in [-0.3, -0.25) is 4.79 Å². The summed E-state index contributed by atoms with van der Waals surface area (Å²) in [4.78, 5) is 19.8. The quantitative estimate of drug-likeness (QED) is 0.534. The summed E-state index contributed by atoms with van der Waals surface area (Å²) in [5.41, 5.74) is 1.44. The Bertz CT molecular complexity index is 315. The molecule has 4 heteroatoms. The van der Waals surface area contributed by atoms with Gasteiger partial charge in [-0.25, -0.2) is 4.99 Å². The van der Waals surface area contributed by atoms with Crippen molar-refractivity contribution in [3.8, 4) is 0 Å². The van der Waals surface area contributed by atoms with E-state index < -0.39 is 0 Å². The molecule has 0 N–H and O–H groups in total. The van der Waals surface area contributed by atoms with E-state index in [1.165, 1.54) is 0 Å². The summed E-state index contributed by atoms with van der Waals surface area (Å²) in [6, 6.07) is 0. The van der Waals surface area contributed by atoms with E-state index in [0.717, 1.165) is 17.8 Å². The van der Waals surface area contributed by atoms with E-state index in [9.17, 15) is 4.79 Å². The molecule has 0 aliphatic carbocycles. The van der Waals surface area contributed by atoms with Crippen LogP contribution < -0.4 is 0 Å². The van der Waals surface area contributed by atoms with Gasteiger partial charge in [-0.2, -0.15) is 5.06 Å². The van der Waals surface area contributed by atoms with E-state index in [0.29, 0.717) is 12.1 Å². The third kappa shape index (κ3) is 0.922. The van der Waals surface area contributed by atoms with Gasteiger partial charge in [-0.15, -0.1) is 0 Å². The molecule has 2 rings (SSSR count). The molecule has 2 heterocycles. The number of amidine groups is 1. The summed E-state index contributed by atoms with van der Waals surface area (Å²) in [5.74, 6) is 0.762. The Labute approximate surface area is 69.8 Å². The molecule has 12 heavy (non-hydrogen) atoms. The molecule has 0 bridgehead atoms. The first-order valence-corrected chi connectivity index (χ1v) is 3.66. The minimum atomic E-state index is 0.487. The van der Waals surface area contributed by atoms with Crippen molar-refractivity contribution in [2.24, 2.45) is 4.99 Å². The zero-order chi connectivity index (χ0) is 8.55. The molecule has 62 valence electrons. The molecule has 0 radical (unpaired) electrons. The molecule has 0 spiro atoms. The van der Waals surface area contributed by atoms with Crippen LogP contribution in [-0.2, 0) is 9.63 Å². The SMILES string of the molecule is CC1=C(C=O)CN2OC=CC2=N1. The highest BCUT2D eigenvalue weighted by Crippen LogP contribution is 2.17. The molecule has 2 aliphatic rings. The van der Waals surface area contributed by atoms with Crippen LogP contribution in [0.5, 0.6) is 0 Å². The minimum absolute atomic E-state index is 0.487. The van der Waals surface area contributed by atoms with Crippen LogP contribution in [0.2, 0.25) is 0 Å². The Morgan fingerprint density at radius 1 is 1.75 bits per heavy atom. The van der Waals surface area contributed by atoms with Crippen LogP contribution in [0.1, 0.15) is 6.92 Å². The van der Waals surface area contributed by atoms with Crippen molar-refractivity contribution in [1.29, 1.82) is 0 Å². The van der Waals surface area contributed by atoms with Crippen molar-refractivity contribution < 1.29 is 9.63 Å². The van der Waals surface area contributed by atoms with Gasteiger partial charge in [0.2, 0.25) is 0 Å². The predicted molar refractivity (Wildman–Crippen MR) is 43.1 cm³/mol. The number of hydroxylamine groups is 2. The van der Waals surface area contributed by atoms with Crippen molar-refractivity contribution in [2.75, 3.05) is 6.54 Å². The van der Waals surface area contributed by atoms with E-state index in [1.54, 1.807) is 17.4 Å². The van der Waals surface area contributed by atoms with E-state index in [4.69, 9.17) is 4.84 Å². The van der Waals surface area contributed by atoms with Crippen LogP contribution in [0, 0.1) is 0 Å². The van der Waals surface area contributed by atoms with Crippen LogP contribution in [0.4, 0.5) is 0 Å². The highest BCUT2D eigenvalue weighted by Gasteiger charge is 2.21. The molecule has 0 aromatic rings. The van der Waals surface area contributed by atoms with Crippen molar-refractivity contribution in [2.45, 2.75) is 6.92 Å². The van der Waals surface area contributed by atoms with Gasteiger partial charge in [0.05, 0.1) is 6.54 Å². The van der Waals surface area contributed by atoms with E-state index in [1.807, 2.05) is 6.92 Å². The van der Waals surface area contributed by atoms with Gasteiger partial charge in [-0.05, 0) is 6.92 Å². The topological polar surface area (TPSA) is 41.9 Å². The molecule has 0 saturated heterocycles. The Morgan fingerprint density at radius 2 is 2.58 bits per heavy atom. The lowest BCUT2D eigenvalue weighted by molar-refractivity contribution is -0.106. The second-order valence-corrected chi connectivity index (χ2v) is 2.64. The molecule has 4 nitrogen and oxygen atoms in total. The fourth-order valence-corrected chi connectivity index (χ4v) is 1.15. The van der Waals surface area contributed by atoms with Gasteiger partial charge in [-0.1, -0.05) is 0 Å². The smallest absolute Gasteiger partial charge is 0.167 e. The maximum absolute atomic E-state index is 10.5. The Balaban J connectivity index is 2.36. The van der Waals surface area contributed by atoms with Gasteiger partial charge in [0.1, 0.15) is 12.5 Å². The summed E-state index contributed by atoms with van der Waals surface area (Å²) in [5, 5.41) is 1.58. The number of carbonyl (C=O) groups excluding carboxylic acids is 1. The Hall–Kier alpha value is -1.58. The molecule has 0 aromatic carbocycles. The molecular formula is C8H8N2O2. The van der Waals surface area contributed by atoms with Gasteiger partial charge >= 0.3 is 0 Å². The highest BCUT2D eigenvalue weighted by atomic mass is 16.7. The average Bonchev–Trinajstić information content (AvgIpc) is 2.49. The van der Waals surface area contributed by atoms with E-state index in [-0.39, 0.29) is 0 Å². The van der Waals surface area contributed by atoms with Crippen molar-refractivity contribution in [3.63, 3.8) is 0 Å². The number of aldehydes is 1. The molecule has 2 aliphatic heterocycles. The monoisotopic (exact) mass is 164 g/mol. The summed E-state index contributed by atoms with van der Waals surface area (Å²) in [7, 11) is 0. The zero-order valence-electron chi connectivity index (χ0n) is 6.65. The van der Waals surface area contributed by atoms with Gasteiger partial charge in [0.15, 0.2) is 5.84 Å². The zero-order valence-corrected chi connectivity index (χ0v) is 6.65. The highest BCUT2D eigenvalue weighted by molar-refractivity contribution is 5.96. The third-order valence-corrected chi connectivity index (χ3v) is 1.86. The molecule has 0 fully saturated rings. The minimum Gasteiger partial charge on any atom is -0.385 e. The van der Waals surface area contributed by atoms with Crippen molar-refractivity contribution >= 4 is 12.1 Å². The summed E-state index contributed by atoms with van der Waals surface area (Å²) < 4.78 is 0. The third-order valence-electron chi connectivity index (χ3n) is 1.86. The maximum Gasteiger partial charge on any atom is 0.167 e. The molecular weight excluding hydrogens is 156 g/mol. The summed E-state index contributed by atoms with van der Waals surface area (Å²) >= 11 is 0. The van der Waals surface area contributed by atoms with Gasteiger partial charge in [0.25, 0.3) is 0 Å². The molecule has 0 atom stereocenters. The number of allylic oxidation sites excluding steroid dienone is 1. The van der Waals surface area contributed by atoms with Crippen LogP contribution in [0.3, 0.4) is 0 Å². The predicted octanol–water partition coefficient (Wildman–Crippen LogP) is 0.632.